The number of hydrogen-bond acceptors (Lipinski definition) is 5. The maximum Gasteiger partial charge on any atom is 0.326 e. The number of carbonyl (C=O) groups excluding carboxylic acids is 1. The predicted octanol–water partition coefficient (Wildman–Crippen LogP) is 7.47. The Balaban J connectivity index is 1.18. The van der Waals surface area contributed by atoms with Gasteiger partial charge in [-0.3, -0.25) is 9.36 Å². The summed E-state index contributed by atoms with van der Waals surface area (Å²) in [5.41, 5.74) is 4.78. The minimum atomic E-state index is -0.902. The minimum Gasteiger partial charge on any atom is -0.393 e. The Bertz CT molecular complexity index is 1710. The molecule has 0 amide bonds. The highest BCUT2D eigenvalue weighted by Gasteiger charge is 2.57. The average Bonchev–Trinajstić information content (AvgIpc) is 3.55. The number of aromatic amines is 1. The minimum absolute atomic E-state index is 0.0402. The summed E-state index contributed by atoms with van der Waals surface area (Å²) in [5, 5.41) is 23.8. The van der Waals surface area contributed by atoms with Gasteiger partial charge < -0.3 is 20.1 Å². The van der Waals surface area contributed by atoms with Gasteiger partial charge in [0.25, 0.3) is 0 Å². The van der Waals surface area contributed by atoms with Crippen LogP contribution in [0.4, 0.5) is 0 Å². The van der Waals surface area contributed by atoms with Crippen molar-refractivity contribution in [3.05, 3.63) is 81.3 Å². The highest BCUT2D eigenvalue weighted by atomic mass is 16.3. The number of benzene rings is 2. The van der Waals surface area contributed by atoms with Crippen molar-refractivity contribution in [3.8, 4) is 0 Å². The standard InChI is InChI=1S/C41H55N3O4/c1-28-9-8-21-40(2)35(33-17-15-29(25-32(45)16-14-28)26-34(33)38(46)30-10-4-3-5-11-30)18-22-41(40,48)27-43-23-19-31(20-24-43)44-37-13-7-6-12-36(37)42-39(44)47/h6-7,9,12-13,15,17,26,30-32,35,45,48H,3-5,8,10-11,14,16,18-25,27H2,1-2H3,(H,42,47)/t32-,35-,40-,41+/m0/s1. The number of aromatic nitrogens is 2. The predicted molar refractivity (Wildman–Crippen MR) is 192 cm³/mol. The number of para-hydroxylation sites is 2. The van der Waals surface area contributed by atoms with Crippen LogP contribution in [0.2, 0.25) is 0 Å². The summed E-state index contributed by atoms with van der Waals surface area (Å²) < 4.78 is 1.94. The molecule has 2 aromatic carbocycles. The molecule has 3 fully saturated rings. The van der Waals surface area contributed by atoms with Gasteiger partial charge in [0.15, 0.2) is 5.78 Å². The first kappa shape index (κ1) is 33.5. The van der Waals surface area contributed by atoms with Gasteiger partial charge in [-0.25, -0.2) is 4.79 Å². The van der Waals surface area contributed by atoms with E-state index in [1.54, 1.807) is 0 Å². The fourth-order valence-electron chi connectivity index (χ4n) is 9.94. The van der Waals surface area contributed by atoms with Crippen LogP contribution < -0.4 is 5.69 Å². The van der Waals surface area contributed by atoms with Crippen molar-refractivity contribution >= 4 is 16.8 Å². The number of fused-ring (bicyclic) bond motifs is 9. The maximum atomic E-state index is 14.3. The Morgan fingerprint density at radius 3 is 2.54 bits per heavy atom. The van der Waals surface area contributed by atoms with Crippen LogP contribution in [-0.2, 0) is 6.42 Å². The van der Waals surface area contributed by atoms with Gasteiger partial charge in [-0.1, -0.05) is 62.1 Å². The monoisotopic (exact) mass is 653 g/mol. The number of H-pyrrole nitrogens is 1. The number of nitrogens with zero attached hydrogens (tertiary/aromatic N) is 2. The number of carbonyl (C=O) groups is 1. The number of hydrogen-bond donors (Lipinski definition) is 3. The molecule has 0 radical (unpaired) electrons. The molecule has 2 bridgehead atoms. The van der Waals surface area contributed by atoms with Gasteiger partial charge in [-0.05, 0) is 113 Å². The molecule has 7 heteroatoms. The first-order valence-corrected chi connectivity index (χ1v) is 18.8. The largest absolute Gasteiger partial charge is 0.393 e. The van der Waals surface area contributed by atoms with E-state index in [0.29, 0.717) is 25.8 Å². The lowest BCUT2D eigenvalue weighted by molar-refractivity contribution is -0.0870. The number of Topliss-reactive ketones (excluding diaryl/α,β-unsaturated/α-hetero) is 1. The summed E-state index contributed by atoms with van der Waals surface area (Å²) in [6.45, 7) is 6.73. The third kappa shape index (κ3) is 6.38. The van der Waals surface area contributed by atoms with Gasteiger partial charge in [0.1, 0.15) is 0 Å². The maximum absolute atomic E-state index is 14.3. The molecule has 0 spiro atoms. The van der Waals surface area contributed by atoms with Crippen LogP contribution in [0.25, 0.3) is 11.0 Å². The third-order valence-corrected chi connectivity index (χ3v) is 12.9. The molecule has 2 saturated carbocycles. The molecule has 48 heavy (non-hydrogen) atoms. The van der Waals surface area contributed by atoms with E-state index in [0.717, 1.165) is 105 Å². The van der Waals surface area contributed by atoms with E-state index >= 15 is 0 Å². The lowest BCUT2D eigenvalue weighted by atomic mass is 9.64. The second kappa shape index (κ2) is 13.7. The molecule has 8 rings (SSSR count). The highest BCUT2D eigenvalue weighted by molar-refractivity contribution is 5.99. The number of piperidine rings is 1. The van der Waals surface area contributed by atoms with Gasteiger partial charge in [0.2, 0.25) is 0 Å². The molecule has 0 unspecified atom stereocenters. The van der Waals surface area contributed by atoms with Crippen LogP contribution in [0, 0.1) is 11.3 Å². The number of imidazole rings is 1. The number of β-amino-alcohol motifs (C(OH)–C–C–N with tert-alkyl or cyclic N) is 1. The normalized spacial score (nSPS) is 29.9. The first-order chi connectivity index (χ1) is 23.1. The van der Waals surface area contributed by atoms with E-state index in [1.807, 2.05) is 28.8 Å². The Kier molecular flexibility index (Phi) is 9.58. The molecule has 2 heterocycles. The highest BCUT2D eigenvalue weighted by Crippen LogP contribution is 2.59. The molecule has 258 valence electrons. The van der Waals surface area contributed by atoms with Crippen LogP contribution in [0.15, 0.2) is 58.9 Å². The number of allylic oxidation sites excluding steroid dienone is 2. The summed E-state index contributed by atoms with van der Waals surface area (Å²) in [6, 6.07) is 14.5. The second-order valence-electron chi connectivity index (χ2n) is 16.0. The summed E-state index contributed by atoms with van der Waals surface area (Å²) in [6.07, 6.45) is 14.4. The molecular formula is C41H55N3O4. The summed E-state index contributed by atoms with van der Waals surface area (Å²) >= 11 is 0. The van der Waals surface area contributed by atoms with Gasteiger partial charge in [0, 0.05) is 42.6 Å². The quantitative estimate of drug-likeness (QED) is 0.196. The number of likely N-dealkylation sites (tertiary alicyclic amines) is 1. The summed E-state index contributed by atoms with van der Waals surface area (Å²) in [7, 11) is 0. The van der Waals surface area contributed by atoms with Crippen LogP contribution in [0.3, 0.4) is 0 Å². The van der Waals surface area contributed by atoms with Crippen molar-refractivity contribution in [1.82, 2.24) is 14.5 Å². The Hall–Kier alpha value is -3.00. The molecule has 1 saturated heterocycles. The second-order valence-corrected chi connectivity index (χ2v) is 16.0. The van der Waals surface area contributed by atoms with E-state index in [-0.39, 0.29) is 29.4 Å². The van der Waals surface area contributed by atoms with E-state index in [9.17, 15) is 19.8 Å². The van der Waals surface area contributed by atoms with Crippen molar-refractivity contribution in [2.24, 2.45) is 11.3 Å². The number of nitrogens with one attached hydrogen (secondary N) is 1. The lowest BCUT2D eigenvalue weighted by Gasteiger charge is -2.47. The first-order valence-electron chi connectivity index (χ1n) is 18.8. The fraction of sp³-hybridized carbons (Fsp3) is 0.610. The van der Waals surface area contributed by atoms with Gasteiger partial charge in [-0.15, -0.1) is 0 Å². The van der Waals surface area contributed by atoms with Gasteiger partial charge in [0.05, 0.1) is 22.7 Å². The molecule has 4 atom stereocenters. The molecule has 1 aromatic heterocycles. The molecule has 7 nitrogen and oxygen atoms in total. The zero-order valence-corrected chi connectivity index (χ0v) is 29.1. The molecule has 1 aliphatic heterocycles. The molecular weight excluding hydrogens is 598 g/mol. The number of ketones is 1. The summed E-state index contributed by atoms with van der Waals surface area (Å²) in [5.74, 6) is 0.416. The SMILES string of the molecule is CC1=CCC[C@@]2(C)[C@@H](CC[C@@]2(O)CN2CCC(n3c(=O)[nH]c4ccccc43)CC2)c2ccc(cc2C(=O)C2CCCCC2)C[C@@H](O)CC1. The molecule has 5 aliphatic rings. The van der Waals surface area contributed by atoms with Crippen molar-refractivity contribution in [3.63, 3.8) is 0 Å². The van der Waals surface area contributed by atoms with Gasteiger partial charge >= 0.3 is 5.69 Å². The van der Waals surface area contributed by atoms with E-state index in [2.05, 4.69) is 48.0 Å². The van der Waals surface area contributed by atoms with Gasteiger partial charge in [-0.2, -0.15) is 0 Å². The Labute approximate surface area is 285 Å². The number of aliphatic hydroxyl groups is 2. The Morgan fingerprint density at radius 1 is 0.979 bits per heavy atom. The van der Waals surface area contributed by atoms with Crippen LogP contribution in [-0.4, -0.2) is 61.8 Å². The fourth-order valence-corrected chi connectivity index (χ4v) is 9.94. The van der Waals surface area contributed by atoms with E-state index in [4.69, 9.17) is 0 Å². The van der Waals surface area contributed by atoms with E-state index < -0.39 is 17.1 Å². The smallest absolute Gasteiger partial charge is 0.326 e. The molecule has 3 N–H and O–H groups in total. The zero-order chi connectivity index (χ0) is 33.5. The van der Waals surface area contributed by atoms with Crippen molar-refractivity contribution in [2.75, 3.05) is 19.6 Å². The topological polar surface area (TPSA) is 98.6 Å². The van der Waals surface area contributed by atoms with Crippen LogP contribution in [0.1, 0.15) is 131 Å². The third-order valence-electron chi connectivity index (χ3n) is 12.9. The van der Waals surface area contributed by atoms with Crippen LogP contribution >= 0.6 is 0 Å². The number of aliphatic hydroxyl groups excluding tert-OH is 1. The average molecular weight is 654 g/mol. The molecule has 3 aromatic rings. The Morgan fingerprint density at radius 2 is 1.75 bits per heavy atom. The zero-order valence-electron chi connectivity index (χ0n) is 29.1. The lowest BCUT2D eigenvalue weighted by Crippen LogP contribution is -2.54. The summed E-state index contributed by atoms with van der Waals surface area (Å²) in [4.78, 5) is 32.7. The van der Waals surface area contributed by atoms with Crippen molar-refractivity contribution < 1.29 is 15.0 Å². The van der Waals surface area contributed by atoms with E-state index in [1.165, 1.54) is 12.0 Å². The number of rotatable bonds is 5. The van der Waals surface area contributed by atoms with Crippen LogP contribution in [0.5, 0.6) is 0 Å². The van der Waals surface area contributed by atoms with Crippen molar-refractivity contribution in [2.45, 2.75) is 127 Å². The molecule has 4 aliphatic carbocycles. The van der Waals surface area contributed by atoms with Crippen molar-refractivity contribution in [1.29, 1.82) is 0 Å².